The van der Waals surface area contributed by atoms with Crippen molar-refractivity contribution in [1.29, 1.82) is 0 Å². The van der Waals surface area contributed by atoms with Crippen LogP contribution in [-0.4, -0.2) is 62.1 Å². The van der Waals surface area contributed by atoms with Gasteiger partial charge in [0.05, 0.1) is 12.2 Å². The van der Waals surface area contributed by atoms with Gasteiger partial charge < -0.3 is 4.90 Å². The Bertz CT molecular complexity index is 708. The first kappa shape index (κ1) is 16.5. The van der Waals surface area contributed by atoms with E-state index < -0.39 is 0 Å². The van der Waals surface area contributed by atoms with Crippen molar-refractivity contribution in [3.63, 3.8) is 0 Å². The summed E-state index contributed by atoms with van der Waals surface area (Å²) in [4.78, 5) is 16.1. The van der Waals surface area contributed by atoms with Crippen LogP contribution in [0.4, 0.5) is 4.39 Å². The van der Waals surface area contributed by atoms with E-state index in [9.17, 15) is 9.18 Å². The lowest BCUT2D eigenvalue weighted by molar-refractivity contribution is -0.136. The molecule has 1 saturated heterocycles. The number of rotatable bonds is 4. The number of piperazine rings is 1. The van der Waals surface area contributed by atoms with E-state index in [2.05, 4.69) is 20.4 Å². The molecule has 0 N–H and O–H groups in total. The van der Waals surface area contributed by atoms with Gasteiger partial charge in [-0.05, 0) is 28.6 Å². The Balaban J connectivity index is 1.65. The molecule has 0 aliphatic carbocycles. The van der Waals surface area contributed by atoms with Crippen LogP contribution in [0, 0.1) is 11.7 Å². The van der Waals surface area contributed by atoms with Crippen molar-refractivity contribution in [3.8, 4) is 5.69 Å². The van der Waals surface area contributed by atoms with Crippen LogP contribution in [-0.2, 0) is 11.3 Å². The molecule has 0 spiro atoms. The molecule has 1 aliphatic heterocycles. The highest BCUT2D eigenvalue weighted by Crippen LogP contribution is 2.13. The van der Waals surface area contributed by atoms with Gasteiger partial charge in [-0.1, -0.05) is 19.9 Å². The molecule has 0 unspecified atom stereocenters. The van der Waals surface area contributed by atoms with Gasteiger partial charge in [0.1, 0.15) is 5.82 Å². The summed E-state index contributed by atoms with van der Waals surface area (Å²) in [7, 11) is 0. The molecule has 128 valence electrons. The molecule has 8 heteroatoms. The largest absolute Gasteiger partial charge is 0.340 e. The van der Waals surface area contributed by atoms with Gasteiger partial charge >= 0.3 is 0 Å². The quantitative estimate of drug-likeness (QED) is 0.839. The van der Waals surface area contributed by atoms with E-state index in [1.54, 1.807) is 16.8 Å². The number of benzene rings is 1. The molecule has 1 amide bonds. The van der Waals surface area contributed by atoms with Crippen molar-refractivity contribution >= 4 is 5.91 Å². The minimum Gasteiger partial charge on any atom is -0.340 e. The summed E-state index contributed by atoms with van der Waals surface area (Å²) in [5, 5.41) is 11.7. The standard InChI is InChI=1S/C16H21FN6O/c1-12(2)16(24)22-8-6-21(7-9-22)11-15-18-19-20-23(15)14-5-3-4-13(17)10-14/h3-5,10,12H,6-9,11H2,1-2H3. The minimum absolute atomic E-state index is 0.0248. The second-order valence-electron chi connectivity index (χ2n) is 6.24. The fourth-order valence-electron chi connectivity index (χ4n) is 2.80. The SMILES string of the molecule is CC(C)C(=O)N1CCN(Cc2nnnn2-c2cccc(F)c2)CC1. The lowest BCUT2D eigenvalue weighted by atomic mass is 10.1. The zero-order chi connectivity index (χ0) is 17.1. The molecule has 1 aromatic heterocycles. The first-order chi connectivity index (χ1) is 11.5. The Morgan fingerprint density at radius 1 is 1.25 bits per heavy atom. The van der Waals surface area contributed by atoms with Crippen LogP contribution in [0.2, 0.25) is 0 Å². The van der Waals surface area contributed by atoms with Crippen LogP contribution >= 0.6 is 0 Å². The number of hydrogen-bond donors (Lipinski definition) is 0. The smallest absolute Gasteiger partial charge is 0.225 e. The molecular formula is C16H21FN6O. The maximum atomic E-state index is 13.4. The van der Waals surface area contributed by atoms with E-state index >= 15 is 0 Å². The molecule has 3 rings (SSSR count). The summed E-state index contributed by atoms with van der Waals surface area (Å²) < 4.78 is 15.0. The Kier molecular flexibility index (Phi) is 4.84. The van der Waals surface area contributed by atoms with Gasteiger partial charge in [-0.25, -0.2) is 4.39 Å². The van der Waals surface area contributed by atoms with Gasteiger partial charge in [-0.15, -0.1) is 5.10 Å². The van der Waals surface area contributed by atoms with E-state index in [-0.39, 0.29) is 17.6 Å². The van der Waals surface area contributed by atoms with Crippen molar-refractivity contribution in [2.45, 2.75) is 20.4 Å². The summed E-state index contributed by atoms with van der Waals surface area (Å²) in [5.41, 5.74) is 0.601. The molecule has 24 heavy (non-hydrogen) atoms. The van der Waals surface area contributed by atoms with Gasteiger partial charge in [0, 0.05) is 32.1 Å². The van der Waals surface area contributed by atoms with Gasteiger partial charge in [0.25, 0.3) is 0 Å². The average molecular weight is 332 g/mol. The van der Waals surface area contributed by atoms with E-state index in [1.807, 2.05) is 18.7 Å². The molecule has 2 heterocycles. The van der Waals surface area contributed by atoms with Crippen molar-refractivity contribution in [2.24, 2.45) is 5.92 Å². The van der Waals surface area contributed by atoms with E-state index in [0.717, 1.165) is 13.1 Å². The Hall–Kier alpha value is -2.35. The minimum atomic E-state index is -0.324. The fourth-order valence-corrected chi connectivity index (χ4v) is 2.80. The van der Waals surface area contributed by atoms with Gasteiger partial charge in [0.15, 0.2) is 5.82 Å². The number of tetrazole rings is 1. The number of halogens is 1. The monoisotopic (exact) mass is 332 g/mol. The van der Waals surface area contributed by atoms with Crippen LogP contribution in [0.1, 0.15) is 19.7 Å². The van der Waals surface area contributed by atoms with Crippen molar-refractivity contribution in [1.82, 2.24) is 30.0 Å². The maximum absolute atomic E-state index is 13.4. The van der Waals surface area contributed by atoms with Crippen LogP contribution in [0.3, 0.4) is 0 Å². The Labute approximate surface area is 140 Å². The van der Waals surface area contributed by atoms with E-state index in [4.69, 9.17) is 0 Å². The summed E-state index contributed by atoms with van der Waals surface area (Å²) in [6, 6.07) is 6.19. The van der Waals surface area contributed by atoms with Gasteiger partial charge in [0.2, 0.25) is 5.91 Å². The molecule has 7 nitrogen and oxygen atoms in total. The third-order valence-corrected chi connectivity index (χ3v) is 4.13. The Morgan fingerprint density at radius 3 is 2.67 bits per heavy atom. The molecule has 0 radical (unpaired) electrons. The van der Waals surface area contributed by atoms with E-state index in [1.165, 1.54) is 12.1 Å². The molecule has 1 fully saturated rings. The van der Waals surface area contributed by atoms with Crippen molar-refractivity contribution in [3.05, 3.63) is 35.9 Å². The predicted octanol–water partition coefficient (Wildman–Crippen LogP) is 1.10. The molecule has 0 saturated carbocycles. The van der Waals surface area contributed by atoms with Crippen LogP contribution < -0.4 is 0 Å². The summed E-state index contributed by atoms with van der Waals surface area (Å²) >= 11 is 0. The third-order valence-electron chi connectivity index (χ3n) is 4.13. The first-order valence-electron chi connectivity index (χ1n) is 8.09. The third kappa shape index (κ3) is 3.59. The molecule has 2 aromatic rings. The average Bonchev–Trinajstić information content (AvgIpc) is 3.03. The zero-order valence-electron chi connectivity index (χ0n) is 13.9. The maximum Gasteiger partial charge on any atom is 0.225 e. The summed E-state index contributed by atoms with van der Waals surface area (Å²) in [6.07, 6.45) is 0. The number of aromatic nitrogens is 4. The first-order valence-corrected chi connectivity index (χ1v) is 8.09. The molecular weight excluding hydrogens is 311 g/mol. The zero-order valence-corrected chi connectivity index (χ0v) is 13.9. The fraction of sp³-hybridized carbons (Fsp3) is 0.500. The highest BCUT2D eigenvalue weighted by molar-refractivity contribution is 5.78. The lowest BCUT2D eigenvalue weighted by Crippen LogP contribution is -2.49. The normalized spacial score (nSPS) is 15.9. The number of carbonyl (C=O) groups excluding carboxylic acids is 1. The number of carbonyl (C=O) groups is 1. The Morgan fingerprint density at radius 2 is 2.00 bits per heavy atom. The highest BCUT2D eigenvalue weighted by Gasteiger charge is 2.24. The molecule has 0 atom stereocenters. The molecule has 0 bridgehead atoms. The topological polar surface area (TPSA) is 67.2 Å². The second kappa shape index (κ2) is 7.04. The van der Waals surface area contributed by atoms with E-state index in [0.29, 0.717) is 31.1 Å². The number of hydrogen-bond acceptors (Lipinski definition) is 5. The summed E-state index contributed by atoms with van der Waals surface area (Å²) in [5.74, 6) is 0.551. The van der Waals surface area contributed by atoms with Gasteiger partial charge in [-0.2, -0.15) is 4.68 Å². The van der Waals surface area contributed by atoms with Crippen molar-refractivity contribution in [2.75, 3.05) is 26.2 Å². The second-order valence-corrected chi connectivity index (χ2v) is 6.24. The van der Waals surface area contributed by atoms with Gasteiger partial charge in [-0.3, -0.25) is 9.69 Å². The number of nitrogens with zero attached hydrogens (tertiary/aromatic N) is 6. The molecule has 1 aliphatic rings. The van der Waals surface area contributed by atoms with Crippen LogP contribution in [0.15, 0.2) is 24.3 Å². The predicted molar refractivity (Wildman–Crippen MR) is 85.8 cm³/mol. The molecule has 1 aromatic carbocycles. The van der Waals surface area contributed by atoms with Crippen LogP contribution in [0.5, 0.6) is 0 Å². The summed E-state index contributed by atoms with van der Waals surface area (Å²) in [6.45, 7) is 7.36. The van der Waals surface area contributed by atoms with Crippen LogP contribution in [0.25, 0.3) is 5.69 Å². The van der Waals surface area contributed by atoms with Crippen molar-refractivity contribution < 1.29 is 9.18 Å². The number of amides is 1. The lowest BCUT2D eigenvalue weighted by Gasteiger charge is -2.35. The highest BCUT2D eigenvalue weighted by atomic mass is 19.1.